The number of esters is 1. The van der Waals surface area contributed by atoms with E-state index < -0.39 is 0 Å². The van der Waals surface area contributed by atoms with E-state index in [0.717, 1.165) is 0 Å². The van der Waals surface area contributed by atoms with E-state index in [1.54, 1.807) is 31.4 Å². The molecule has 0 aliphatic heterocycles. The van der Waals surface area contributed by atoms with E-state index >= 15 is 0 Å². The molecule has 4 nitrogen and oxygen atoms in total. The molecule has 0 aliphatic rings. The van der Waals surface area contributed by atoms with Gasteiger partial charge in [0.05, 0.1) is 19.3 Å². The second-order valence-electron chi connectivity index (χ2n) is 2.86. The highest BCUT2D eigenvalue weighted by Crippen LogP contribution is 2.13. The van der Waals surface area contributed by atoms with Gasteiger partial charge in [-0.05, 0) is 18.2 Å². The van der Waals surface area contributed by atoms with Crippen LogP contribution in [0.2, 0.25) is 0 Å². The van der Waals surface area contributed by atoms with Gasteiger partial charge in [0.25, 0.3) is 0 Å². The topological polar surface area (TPSA) is 44.8 Å². The molecule has 1 rings (SSSR count). The standard InChI is InChI=1S/C11H14O4.C2H6/c1-13-6-7-15-10-5-3-4-9(8-10)11(12)14-2;1-2/h3-5,8H,6-7H2,1-2H3;1-2H3. The lowest BCUT2D eigenvalue weighted by atomic mass is 10.2. The molecule has 0 heterocycles. The summed E-state index contributed by atoms with van der Waals surface area (Å²) in [5.41, 5.74) is 0.479. The summed E-state index contributed by atoms with van der Waals surface area (Å²) in [6, 6.07) is 6.84. The Morgan fingerprint density at radius 2 is 1.88 bits per heavy atom. The van der Waals surface area contributed by atoms with E-state index in [9.17, 15) is 4.79 Å². The first-order valence-corrected chi connectivity index (χ1v) is 5.58. The van der Waals surface area contributed by atoms with Gasteiger partial charge in [0.2, 0.25) is 0 Å². The molecule has 0 aliphatic carbocycles. The number of rotatable bonds is 5. The van der Waals surface area contributed by atoms with Gasteiger partial charge in [-0.3, -0.25) is 0 Å². The maximum absolute atomic E-state index is 11.2. The zero-order valence-corrected chi connectivity index (χ0v) is 10.9. The molecular weight excluding hydrogens is 220 g/mol. The average molecular weight is 240 g/mol. The van der Waals surface area contributed by atoms with Crippen LogP contribution >= 0.6 is 0 Å². The van der Waals surface area contributed by atoms with Crippen molar-refractivity contribution < 1.29 is 19.0 Å². The summed E-state index contributed by atoms with van der Waals surface area (Å²) in [6.45, 7) is 4.98. The van der Waals surface area contributed by atoms with Crippen molar-refractivity contribution in [1.82, 2.24) is 0 Å². The molecule has 0 N–H and O–H groups in total. The van der Waals surface area contributed by atoms with Crippen LogP contribution in [0, 0.1) is 0 Å². The van der Waals surface area contributed by atoms with Gasteiger partial charge in [-0.15, -0.1) is 0 Å². The molecule has 0 saturated heterocycles. The summed E-state index contributed by atoms with van der Waals surface area (Å²) in [5.74, 6) is 0.266. The summed E-state index contributed by atoms with van der Waals surface area (Å²) in [5, 5.41) is 0. The van der Waals surface area contributed by atoms with E-state index in [0.29, 0.717) is 24.5 Å². The molecule has 0 radical (unpaired) electrons. The lowest BCUT2D eigenvalue weighted by Crippen LogP contribution is -2.05. The summed E-state index contributed by atoms with van der Waals surface area (Å²) >= 11 is 0. The molecule has 96 valence electrons. The third kappa shape index (κ3) is 5.92. The van der Waals surface area contributed by atoms with Gasteiger partial charge in [-0.1, -0.05) is 19.9 Å². The SMILES string of the molecule is CC.COCCOc1cccc(C(=O)OC)c1. The average Bonchev–Trinajstić information content (AvgIpc) is 2.41. The zero-order chi connectivity index (χ0) is 13.1. The highest BCUT2D eigenvalue weighted by molar-refractivity contribution is 5.89. The Morgan fingerprint density at radius 1 is 1.18 bits per heavy atom. The molecule has 0 bridgehead atoms. The van der Waals surface area contributed by atoms with Crippen molar-refractivity contribution >= 4 is 5.97 Å². The van der Waals surface area contributed by atoms with Gasteiger partial charge in [0, 0.05) is 7.11 Å². The van der Waals surface area contributed by atoms with Crippen molar-refractivity contribution in [1.29, 1.82) is 0 Å². The Balaban J connectivity index is 0.00000121. The van der Waals surface area contributed by atoms with Crippen LogP contribution in [-0.2, 0) is 9.47 Å². The molecule has 1 aromatic rings. The highest BCUT2D eigenvalue weighted by Gasteiger charge is 2.05. The first kappa shape index (κ1) is 15.4. The summed E-state index contributed by atoms with van der Waals surface area (Å²) in [7, 11) is 2.95. The molecule has 0 amide bonds. The van der Waals surface area contributed by atoms with Crippen LogP contribution in [0.25, 0.3) is 0 Å². The summed E-state index contributed by atoms with van der Waals surface area (Å²) in [4.78, 5) is 11.2. The fraction of sp³-hybridized carbons (Fsp3) is 0.462. The number of hydrogen-bond acceptors (Lipinski definition) is 4. The van der Waals surface area contributed by atoms with Crippen molar-refractivity contribution in [2.45, 2.75) is 13.8 Å². The molecule has 17 heavy (non-hydrogen) atoms. The van der Waals surface area contributed by atoms with Crippen molar-refractivity contribution in [2.75, 3.05) is 27.4 Å². The van der Waals surface area contributed by atoms with E-state index in [-0.39, 0.29) is 5.97 Å². The Bertz CT molecular complexity index is 323. The van der Waals surface area contributed by atoms with Gasteiger partial charge in [0.1, 0.15) is 12.4 Å². The Morgan fingerprint density at radius 3 is 2.47 bits per heavy atom. The Kier molecular flexibility index (Phi) is 8.78. The monoisotopic (exact) mass is 240 g/mol. The molecule has 0 atom stereocenters. The van der Waals surface area contributed by atoms with Gasteiger partial charge in [0.15, 0.2) is 0 Å². The van der Waals surface area contributed by atoms with Crippen molar-refractivity contribution in [3.63, 3.8) is 0 Å². The predicted molar refractivity (Wildman–Crippen MR) is 66.5 cm³/mol. The maximum atomic E-state index is 11.2. The van der Waals surface area contributed by atoms with Crippen LogP contribution in [0.4, 0.5) is 0 Å². The number of benzene rings is 1. The largest absolute Gasteiger partial charge is 0.491 e. The number of carbonyl (C=O) groups is 1. The normalized spacial score (nSPS) is 8.94. The van der Waals surface area contributed by atoms with E-state index in [1.807, 2.05) is 13.8 Å². The third-order valence-corrected chi connectivity index (χ3v) is 1.81. The molecular formula is C13H20O4. The van der Waals surface area contributed by atoms with Gasteiger partial charge < -0.3 is 14.2 Å². The van der Waals surface area contributed by atoms with Crippen LogP contribution in [0.3, 0.4) is 0 Å². The van der Waals surface area contributed by atoms with Crippen LogP contribution in [0.15, 0.2) is 24.3 Å². The first-order valence-electron chi connectivity index (χ1n) is 5.58. The smallest absolute Gasteiger partial charge is 0.337 e. The minimum absolute atomic E-state index is 0.368. The molecule has 1 aromatic carbocycles. The predicted octanol–water partition coefficient (Wildman–Crippen LogP) is 2.52. The van der Waals surface area contributed by atoms with Crippen molar-refractivity contribution in [3.05, 3.63) is 29.8 Å². The minimum atomic E-state index is -0.368. The van der Waals surface area contributed by atoms with Gasteiger partial charge in [-0.2, -0.15) is 0 Å². The molecule has 4 heteroatoms. The zero-order valence-electron chi connectivity index (χ0n) is 10.9. The maximum Gasteiger partial charge on any atom is 0.337 e. The first-order chi connectivity index (χ1) is 8.27. The van der Waals surface area contributed by atoms with Gasteiger partial charge >= 0.3 is 5.97 Å². The number of methoxy groups -OCH3 is 2. The van der Waals surface area contributed by atoms with Crippen LogP contribution < -0.4 is 4.74 Å². The Labute approximate surface area is 102 Å². The fourth-order valence-corrected chi connectivity index (χ4v) is 1.07. The molecule has 0 aromatic heterocycles. The second kappa shape index (κ2) is 9.66. The Hall–Kier alpha value is -1.55. The number of carbonyl (C=O) groups excluding carboxylic acids is 1. The van der Waals surface area contributed by atoms with Gasteiger partial charge in [-0.25, -0.2) is 4.79 Å². The highest BCUT2D eigenvalue weighted by atomic mass is 16.5. The summed E-state index contributed by atoms with van der Waals surface area (Å²) < 4.78 is 14.8. The van der Waals surface area contributed by atoms with Crippen LogP contribution in [-0.4, -0.2) is 33.4 Å². The lowest BCUT2D eigenvalue weighted by Gasteiger charge is -2.06. The molecule has 0 unspecified atom stereocenters. The van der Waals surface area contributed by atoms with Crippen LogP contribution in [0.5, 0.6) is 5.75 Å². The second-order valence-corrected chi connectivity index (χ2v) is 2.86. The van der Waals surface area contributed by atoms with Crippen LogP contribution in [0.1, 0.15) is 24.2 Å². The molecule has 0 spiro atoms. The van der Waals surface area contributed by atoms with Crippen molar-refractivity contribution in [2.24, 2.45) is 0 Å². The fourth-order valence-electron chi connectivity index (χ4n) is 1.07. The quantitative estimate of drug-likeness (QED) is 0.586. The van der Waals surface area contributed by atoms with E-state index in [2.05, 4.69) is 4.74 Å². The summed E-state index contributed by atoms with van der Waals surface area (Å²) in [6.07, 6.45) is 0. The van der Waals surface area contributed by atoms with Crippen molar-refractivity contribution in [3.8, 4) is 5.75 Å². The lowest BCUT2D eigenvalue weighted by molar-refractivity contribution is 0.0600. The van der Waals surface area contributed by atoms with E-state index in [1.165, 1.54) is 7.11 Å². The molecule has 0 saturated carbocycles. The number of hydrogen-bond donors (Lipinski definition) is 0. The third-order valence-electron chi connectivity index (χ3n) is 1.81. The molecule has 0 fully saturated rings. The minimum Gasteiger partial charge on any atom is -0.491 e. The number of ether oxygens (including phenoxy) is 3. The van der Waals surface area contributed by atoms with E-state index in [4.69, 9.17) is 9.47 Å².